The van der Waals surface area contributed by atoms with Gasteiger partial charge in [0.15, 0.2) is 11.5 Å². The number of halogens is 1. The number of ether oxygens (including phenoxy) is 1. The van der Waals surface area contributed by atoms with Gasteiger partial charge in [0.1, 0.15) is 11.3 Å². The first kappa shape index (κ1) is 19.8. The second kappa shape index (κ2) is 7.85. The van der Waals surface area contributed by atoms with Gasteiger partial charge in [0.25, 0.3) is 5.91 Å². The fraction of sp³-hybridized carbons (Fsp3) is 0.292. The van der Waals surface area contributed by atoms with Gasteiger partial charge in [-0.2, -0.15) is 0 Å². The summed E-state index contributed by atoms with van der Waals surface area (Å²) in [6.45, 7) is 3.19. The number of fused-ring (bicyclic) bond motifs is 2. The molecule has 0 radical (unpaired) electrons. The molecule has 158 valence electrons. The number of nitrogens with zero attached hydrogens (tertiary/aromatic N) is 3. The van der Waals surface area contributed by atoms with E-state index in [2.05, 4.69) is 9.97 Å². The number of carbonyl (C=O) groups is 1. The van der Waals surface area contributed by atoms with E-state index in [1.807, 2.05) is 48.2 Å². The van der Waals surface area contributed by atoms with Crippen molar-refractivity contribution in [3.05, 3.63) is 64.6 Å². The van der Waals surface area contributed by atoms with Crippen molar-refractivity contribution in [1.82, 2.24) is 14.9 Å². The van der Waals surface area contributed by atoms with Crippen molar-refractivity contribution in [3.63, 3.8) is 0 Å². The van der Waals surface area contributed by atoms with E-state index in [0.717, 1.165) is 52.2 Å². The van der Waals surface area contributed by atoms with Gasteiger partial charge in [0.2, 0.25) is 0 Å². The molecule has 1 amide bonds. The number of hydrogen-bond donors (Lipinski definition) is 0. The third kappa shape index (κ3) is 3.72. The molecule has 1 fully saturated rings. The molecule has 0 N–H and O–H groups in total. The summed E-state index contributed by atoms with van der Waals surface area (Å²) in [4.78, 5) is 24.4. The second-order valence-electron chi connectivity index (χ2n) is 7.91. The van der Waals surface area contributed by atoms with Crippen LogP contribution in [0.2, 0.25) is 5.02 Å². The van der Waals surface area contributed by atoms with E-state index in [1.165, 1.54) is 0 Å². The van der Waals surface area contributed by atoms with E-state index >= 15 is 0 Å². The van der Waals surface area contributed by atoms with Crippen LogP contribution in [0.1, 0.15) is 40.7 Å². The van der Waals surface area contributed by atoms with Crippen LogP contribution in [0.15, 0.2) is 46.9 Å². The Bertz CT molecular complexity index is 1290. The molecule has 3 heterocycles. The van der Waals surface area contributed by atoms with E-state index in [9.17, 15) is 4.79 Å². The molecule has 1 aliphatic rings. The van der Waals surface area contributed by atoms with Gasteiger partial charge in [-0.15, -0.1) is 0 Å². The van der Waals surface area contributed by atoms with E-state index in [1.54, 1.807) is 13.2 Å². The standard InChI is InChI=1S/C24H22ClN3O3/c1-14-19(11-16-3-5-18(30-2)13-20(16)26-14)24(29)28-9-7-15(8-10-28)23-27-21-12-17(25)4-6-22(21)31-23/h3-6,11-13,15H,7-10H2,1-2H3. The number of methoxy groups -OCH3 is 1. The molecule has 0 saturated carbocycles. The Balaban J connectivity index is 1.33. The molecular weight excluding hydrogens is 414 g/mol. The summed E-state index contributed by atoms with van der Waals surface area (Å²) in [5.41, 5.74) is 3.71. The smallest absolute Gasteiger partial charge is 0.255 e. The summed E-state index contributed by atoms with van der Waals surface area (Å²) in [5, 5.41) is 1.57. The molecule has 31 heavy (non-hydrogen) atoms. The lowest BCUT2D eigenvalue weighted by atomic mass is 9.96. The lowest BCUT2D eigenvalue weighted by Crippen LogP contribution is -2.38. The number of amides is 1. The number of benzene rings is 2. The van der Waals surface area contributed by atoms with Gasteiger partial charge >= 0.3 is 0 Å². The Labute approximate surface area is 184 Å². The van der Waals surface area contributed by atoms with Gasteiger partial charge in [0.05, 0.1) is 23.9 Å². The van der Waals surface area contributed by atoms with Crippen molar-refractivity contribution in [2.75, 3.05) is 20.2 Å². The first-order valence-electron chi connectivity index (χ1n) is 10.3. The molecule has 0 spiro atoms. The maximum atomic E-state index is 13.2. The van der Waals surface area contributed by atoms with Crippen LogP contribution in [-0.2, 0) is 0 Å². The van der Waals surface area contributed by atoms with Crippen molar-refractivity contribution in [3.8, 4) is 5.75 Å². The van der Waals surface area contributed by atoms with Crippen molar-refractivity contribution >= 4 is 39.5 Å². The maximum Gasteiger partial charge on any atom is 0.255 e. The number of aryl methyl sites for hydroxylation is 1. The fourth-order valence-corrected chi connectivity index (χ4v) is 4.35. The zero-order valence-electron chi connectivity index (χ0n) is 17.4. The lowest BCUT2D eigenvalue weighted by molar-refractivity contribution is 0.0705. The van der Waals surface area contributed by atoms with Crippen LogP contribution in [-0.4, -0.2) is 41.0 Å². The number of pyridine rings is 1. The number of hydrogen-bond acceptors (Lipinski definition) is 5. The highest BCUT2D eigenvalue weighted by Gasteiger charge is 2.28. The van der Waals surface area contributed by atoms with Crippen LogP contribution < -0.4 is 4.74 Å². The molecule has 0 aliphatic carbocycles. The zero-order chi connectivity index (χ0) is 21.5. The summed E-state index contributed by atoms with van der Waals surface area (Å²) in [7, 11) is 1.63. The number of rotatable bonds is 3. The highest BCUT2D eigenvalue weighted by molar-refractivity contribution is 6.31. The van der Waals surface area contributed by atoms with Gasteiger partial charge in [-0.1, -0.05) is 11.6 Å². The monoisotopic (exact) mass is 435 g/mol. The lowest BCUT2D eigenvalue weighted by Gasteiger charge is -2.31. The third-order valence-electron chi connectivity index (χ3n) is 5.94. The van der Waals surface area contributed by atoms with E-state index in [0.29, 0.717) is 23.7 Å². The van der Waals surface area contributed by atoms with Crippen LogP contribution in [0.4, 0.5) is 0 Å². The van der Waals surface area contributed by atoms with Crippen molar-refractivity contribution in [2.24, 2.45) is 0 Å². The normalized spacial score (nSPS) is 15.0. The molecule has 6 nitrogen and oxygen atoms in total. The van der Waals surface area contributed by atoms with E-state index in [4.69, 9.17) is 20.8 Å². The van der Waals surface area contributed by atoms with Gasteiger partial charge in [-0.25, -0.2) is 4.98 Å². The number of likely N-dealkylation sites (tertiary alicyclic amines) is 1. The van der Waals surface area contributed by atoms with Crippen molar-refractivity contribution < 1.29 is 13.9 Å². The maximum absolute atomic E-state index is 13.2. The molecule has 2 aromatic carbocycles. The van der Waals surface area contributed by atoms with Crippen LogP contribution in [0.3, 0.4) is 0 Å². The zero-order valence-corrected chi connectivity index (χ0v) is 18.1. The molecule has 1 aliphatic heterocycles. The van der Waals surface area contributed by atoms with Crippen molar-refractivity contribution in [1.29, 1.82) is 0 Å². The van der Waals surface area contributed by atoms with Crippen LogP contribution in [0, 0.1) is 6.92 Å². The number of piperidine rings is 1. The van der Waals surface area contributed by atoms with E-state index < -0.39 is 0 Å². The topological polar surface area (TPSA) is 68.5 Å². The Morgan fingerprint density at radius 2 is 1.90 bits per heavy atom. The van der Waals surface area contributed by atoms with Crippen LogP contribution in [0.25, 0.3) is 22.0 Å². The Kier molecular flexibility index (Phi) is 5.02. The van der Waals surface area contributed by atoms with Gasteiger partial charge in [-0.05, 0) is 56.2 Å². The Morgan fingerprint density at radius 3 is 2.68 bits per heavy atom. The molecular formula is C24H22ClN3O3. The molecule has 5 rings (SSSR count). The molecule has 0 atom stereocenters. The van der Waals surface area contributed by atoms with Crippen LogP contribution >= 0.6 is 11.6 Å². The largest absolute Gasteiger partial charge is 0.497 e. The summed E-state index contributed by atoms with van der Waals surface area (Å²) < 4.78 is 11.2. The number of aromatic nitrogens is 2. The predicted octanol–water partition coefficient (Wildman–Crippen LogP) is 5.37. The first-order chi connectivity index (χ1) is 15.0. The average Bonchev–Trinajstić information content (AvgIpc) is 3.21. The highest BCUT2D eigenvalue weighted by atomic mass is 35.5. The predicted molar refractivity (Wildman–Crippen MR) is 120 cm³/mol. The molecule has 2 aromatic heterocycles. The third-order valence-corrected chi connectivity index (χ3v) is 6.18. The number of carbonyl (C=O) groups excluding carboxylic acids is 1. The molecule has 0 bridgehead atoms. The van der Waals surface area contributed by atoms with Gasteiger partial charge in [-0.3, -0.25) is 9.78 Å². The van der Waals surface area contributed by atoms with Crippen LogP contribution in [0.5, 0.6) is 5.75 Å². The summed E-state index contributed by atoms with van der Waals surface area (Å²) in [6, 6.07) is 13.1. The fourth-order valence-electron chi connectivity index (χ4n) is 4.18. The van der Waals surface area contributed by atoms with Crippen molar-refractivity contribution in [2.45, 2.75) is 25.7 Å². The summed E-state index contributed by atoms with van der Waals surface area (Å²) >= 11 is 6.05. The molecule has 4 aromatic rings. The Hall–Kier alpha value is -3.12. The molecule has 7 heteroatoms. The molecule has 1 saturated heterocycles. The second-order valence-corrected chi connectivity index (χ2v) is 8.35. The quantitative estimate of drug-likeness (QED) is 0.433. The highest BCUT2D eigenvalue weighted by Crippen LogP contribution is 2.32. The van der Waals surface area contributed by atoms with Gasteiger partial charge in [0, 0.05) is 35.5 Å². The minimum Gasteiger partial charge on any atom is -0.497 e. The van der Waals surface area contributed by atoms with E-state index in [-0.39, 0.29) is 11.8 Å². The number of oxazole rings is 1. The average molecular weight is 436 g/mol. The van der Waals surface area contributed by atoms with Gasteiger partial charge < -0.3 is 14.1 Å². The minimum absolute atomic E-state index is 0.0190. The SMILES string of the molecule is COc1ccc2cc(C(=O)N3CCC(c4nc5cc(Cl)ccc5o4)CC3)c(C)nc2c1. The minimum atomic E-state index is 0.0190. The molecule has 0 unspecified atom stereocenters. The summed E-state index contributed by atoms with van der Waals surface area (Å²) in [6.07, 6.45) is 1.62. The summed E-state index contributed by atoms with van der Waals surface area (Å²) in [5.74, 6) is 1.69. The first-order valence-corrected chi connectivity index (χ1v) is 10.7. The Morgan fingerprint density at radius 1 is 1.10 bits per heavy atom.